The molecule has 1 atom stereocenters. The summed E-state index contributed by atoms with van der Waals surface area (Å²) >= 11 is 0. The summed E-state index contributed by atoms with van der Waals surface area (Å²) in [7, 11) is 2.84. The lowest BCUT2D eigenvalue weighted by atomic mass is 9.84. The van der Waals surface area contributed by atoms with E-state index in [-0.39, 0.29) is 34.5 Å². The molecular weight excluding hydrogens is 452 g/mol. The van der Waals surface area contributed by atoms with Crippen LogP contribution in [0.25, 0.3) is 22.1 Å². The zero-order valence-electron chi connectivity index (χ0n) is 18.9. The highest BCUT2D eigenvalue weighted by atomic mass is 16.5. The lowest BCUT2D eigenvalue weighted by Gasteiger charge is -2.26. The first-order valence-corrected chi connectivity index (χ1v) is 10.8. The van der Waals surface area contributed by atoms with Crippen LogP contribution < -0.4 is 14.9 Å². The number of methoxy groups -OCH3 is 2. The summed E-state index contributed by atoms with van der Waals surface area (Å²) in [6.45, 7) is 0. The Balaban J connectivity index is 1.68. The average molecular weight is 472 g/mol. The van der Waals surface area contributed by atoms with Crippen LogP contribution in [-0.2, 0) is 9.53 Å². The van der Waals surface area contributed by atoms with Gasteiger partial charge in [-0.25, -0.2) is 4.79 Å². The van der Waals surface area contributed by atoms with Crippen molar-refractivity contribution in [2.75, 3.05) is 14.2 Å². The molecule has 1 aliphatic rings. The molecule has 5 rings (SSSR count). The number of benzene rings is 3. The molecular formula is C27H20O8. The summed E-state index contributed by atoms with van der Waals surface area (Å²) in [5.41, 5.74) is 2.12. The number of esters is 2. The zero-order valence-corrected chi connectivity index (χ0v) is 18.9. The van der Waals surface area contributed by atoms with E-state index in [0.29, 0.717) is 28.0 Å². The average Bonchev–Trinajstić information content (AvgIpc) is 2.87. The van der Waals surface area contributed by atoms with Gasteiger partial charge in [0.25, 0.3) is 0 Å². The molecule has 0 saturated heterocycles. The van der Waals surface area contributed by atoms with Crippen LogP contribution in [0, 0.1) is 0 Å². The maximum absolute atomic E-state index is 13.4. The van der Waals surface area contributed by atoms with Gasteiger partial charge in [-0.1, -0.05) is 24.3 Å². The SMILES string of the molecule is COC(=O)c1ccc([C@@H]2CC(=O)Oc3cc(O)c4c(=O)c(-c5ccc(OC)cc5)coc4c32)cc1. The Bertz CT molecular complexity index is 1510. The monoisotopic (exact) mass is 472 g/mol. The Morgan fingerprint density at radius 2 is 1.74 bits per heavy atom. The molecule has 0 spiro atoms. The maximum atomic E-state index is 13.4. The molecule has 1 aliphatic heterocycles. The van der Waals surface area contributed by atoms with Crippen LogP contribution >= 0.6 is 0 Å². The minimum Gasteiger partial charge on any atom is -0.507 e. The van der Waals surface area contributed by atoms with Crippen LogP contribution in [0.1, 0.15) is 33.8 Å². The van der Waals surface area contributed by atoms with Crippen LogP contribution in [0.3, 0.4) is 0 Å². The number of phenols is 1. The minimum atomic E-state index is -0.518. The van der Waals surface area contributed by atoms with Gasteiger partial charge in [-0.2, -0.15) is 0 Å². The largest absolute Gasteiger partial charge is 0.507 e. The molecule has 0 amide bonds. The van der Waals surface area contributed by atoms with Crippen molar-refractivity contribution in [2.45, 2.75) is 12.3 Å². The third-order valence-electron chi connectivity index (χ3n) is 6.11. The fourth-order valence-electron chi connectivity index (χ4n) is 4.36. The van der Waals surface area contributed by atoms with Gasteiger partial charge in [0.05, 0.1) is 31.8 Å². The molecule has 35 heavy (non-hydrogen) atoms. The number of carbonyl (C=O) groups is 2. The number of carbonyl (C=O) groups excluding carboxylic acids is 2. The van der Waals surface area contributed by atoms with E-state index < -0.39 is 23.3 Å². The molecule has 8 heteroatoms. The summed E-state index contributed by atoms with van der Waals surface area (Å²) in [5, 5.41) is 10.7. The maximum Gasteiger partial charge on any atom is 0.337 e. The van der Waals surface area contributed by atoms with Gasteiger partial charge in [0.15, 0.2) is 0 Å². The van der Waals surface area contributed by atoms with Gasteiger partial charge < -0.3 is 23.7 Å². The van der Waals surface area contributed by atoms with Crippen LogP contribution in [-0.4, -0.2) is 31.3 Å². The summed E-state index contributed by atoms with van der Waals surface area (Å²) in [4.78, 5) is 37.6. The predicted octanol–water partition coefficient (Wildman–Crippen LogP) is 4.40. The smallest absolute Gasteiger partial charge is 0.337 e. The Hall–Kier alpha value is -4.59. The number of fused-ring (bicyclic) bond motifs is 3. The highest BCUT2D eigenvalue weighted by molar-refractivity contribution is 5.94. The summed E-state index contributed by atoms with van der Waals surface area (Å²) in [6.07, 6.45) is 1.33. The quantitative estimate of drug-likeness (QED) is 0.344. The summed E-state index contributed by atoms with van der Waals surface area (Å²) in [5.74, 6) is -1.08. The molecule has 0 radical (unpaired) electrons. The second-order valence-electron chi connectivity index (χ2n) is 8.06. The van der Waals surface area contributed by atoms with Gasteiger partial charge in [-0.15, -0.1) is 0 Å². The van der Waals surface area contributed by atoms with Crippen molar-refractivity contribution in [1.82, 2.24) is 0 Å². The van der Waals surface area contributed by atoms with Crippen LogP contribution in [0.4, 0.5) is 0 Å². The summed E-state index contributed by atoms with van der Waals surface area (Å²) in [6, 6.07) is 14.8. The molecule has 0 aliphatic carbocycles. The minimum absolute atomic E-state index is 0.00557. The van der Waals surface area contributed by atoms with Crippen LogP contribution in [0.15, 0.2) is 70.1 Å². The van der Waals surface area contributed by atoms with E-state index in [1.165, 1.54) is 19.4 Å². The van der Waals surface area contributed by atoms with E-state index in [0.717, 1.165) is 0 Å². The van der Waals surface area contributed by atoms with Gasteiger partial charge in [-0.05, 0) is 35.4 Å². The Labute approximate surface area is 199 Å². The molecule has 0 saturated carbocycles. The first-order chi connectivity index (χ1) is 16.9. The fraction of sp³-hybridized carbons (Fsp3) is 0.148. The van der Waals surface area contributed by atoms with Gasteiger partial charge in [0, 0.05) is 17.5 Å². The molecule has 1 N–H and O–H groups in total. The molecule has 4 aromatic rings. The van der Waals surface area contributed by atoms with E-state index in [1.807, 2.05) is 0 Å². The van der Waals surface area contributed by atoms with E-state index >= 15 is 0 Å². The first-order valence-electron chi connectivity index (χ1n) is 10.8. The summed E-state index contributed by atoms with van der Waals surface area (Å²) < 4.78 is 21.2. The second-order valence-corrected chi connectivity index (χ2v) is 8.06. The van der Waals surface area contributed by atoms with E-state index in [1.54, 1.807) is 55.6 Å². The highest BCUT2D eigenvalue weighted by Gasteiger charge is 2.33. The fourth-order valence-corrected chi connectivity index (χ4v) is 4.36. The topological polar surface area (TPSA) is 112 Å². The normalized spacial score (nSPS) is 14.8. The molecule has 2 heterocycles. The number of hydrogen-bond acceptors (Lipinski definition) is 8. The Kier molecular flexibility index (Phi) is 5.49. The van der Waals surface area contributed by atoms with Gasteiger partial charge in [0.1, 0.15) is 34.5 Å². The van der Waals surface area contributed by atoms with Crippen molar-refractivity contribution in [3.05, 3.63) is 87.8 Å². The highest BCUT2D eigenvalue weighted by Crippen LogP contribution is 2.45. The molecule has 1 aromatic heterocycles. The van der Waals surface area contributed by atoms with Crippen molar-refractivity contribution in [3.63, 3.8) is 0 Å². The van der Waals surface area contributed by atoms with E-state index in [9.17, 15) is 19.5 Å². The second kappa shape index (κ2) is 8.64. The molecule has 0 unspecified atom stereocenters. The van der Waals surface area contributed by atoms with E-state index in [2.05, 4.69) is 0 Å². The lowest BCUT2D eigenvalue weighted by molar-refractivity contribution is -0.135. The van der Waals surface area contributed by atoms with Crippen molar-refractivity contribution in [3.8, 4) is 28.4 Å². The van der Waals surface area contributed by atoms with E-state index in [4.69, 9.17) is 18.6 Å². The third kappa shape index (κ3) is 3.78. The molecule has 176 valence electrons. The van der Waals surface area contributed by atoms with Crippen molar-refractivity contribution in [2.24, 2.45) is 0 Å². The van der Waals surface area contributed by atoms with Crippen molar-refractivity contribution < 1.29 is 33.3 Å². The number of hydrogen-bond donors (Lipinski definition) is 1. The van der Waals surface area contributed by atoms with Crippen LogP contribution in [0.2, 0.25) is 0 Å². The molecule has 3 aromatic carbocycles. The standard InChI is InChI=1S/C27H20O8/c1-32-17-9-7-15(8-10-17)19-13-34-26-23-18(14-3-5-16(6-4-14)27(31)33-2)11-22(29)35-21(23)12-20(28)24(26)25(19)30/h3-10,12-13,18,28H,11H2,1-2H3/t18-/m0/s1. The number of phenolic OH excluding ortho intramolecular Hbond substituents is 1. The first kappa shape index (κ1) is 22.2. The zero-order chi connectivity index (χ0) is 24.7. The van der Waals surface area contributed by atoms with Gasteiger partial charge >= 0.3 is 11.9 Å². The number of rotatable bonds is 4. The number of aromatic hydroxyl groups is 1. The number of ether oxygens (including phenoxy) is 3. The molecule has 8 nitrogen and oxygen atoms in total. The van der Waals surface area contributed by atoms with Crippen LogP contribution in [0.5, 0.6) is 17.2 Å². The lowest BCUT2D eigenvalue weighted by Crippen LogP contribution is -2.22. The van der Waals surface area contributed by atoms with Gasteiger partial charge in [-0.3, -0.25) is 9.59 Å². The molecule has 0 fully saturated rings. The van der Waals surface area contributed by atoms with Gasteiger partial charge in [0.2, 0.25) is 5.43 Å². The Morgan fingerprint density at radius 1 is 1.03 bits per heavy atom. The third-order valence-corrected chi connectivity index (χ3v) is 6.11. The Morgan fingerprint density at radius 3 is 2.40 bits per heavy atom. The van der Waals surface area contributed by atoms with Crippen molar-refractivity contribution >= 4 is 22.9 Å². The molecule has 0 bridgehead atoms. The van der Waals surface area contributed by atoms with Crippen molar-refractivity contribution in [1.29, 1.82) is 0 Å². The predicted molar refractivity (Wildman–Crippen MR) is 126 cm³/mol.